The summed E-state index contributed by atoms with van der Waals surface area (Å²) < 4.78 is 78.5. The van der Waals surface area contributed by atoms with Gasteiger partial charge in [0, 0.05) is 49.4 Å². The van der Waals surface area contributed by atoms with Gasteiger partial charge in [0.25, 0.3) is 5.91 Å². The zero-order valence-electron chi connectivity index (χ0n) is 17.7. The lowest BCUT2D eigenvalue weighted by Crippen LogP contribution is -2.49. The van der Waals surface area contributed by atoms with Crippen molar-refractivity contribution in [2.45, 2.75) is 39.0 Å². The maximum atomic E-state index is 13.1. The summed E-state index contributed by atoms with van der Waals surface area (Å²) >= 11 is 0. The molecule has 1 aliphatic rings. The second kappa shape index (κ2) is 8.59. The Balaban J connectivity index is 1.80. The number of halogens is 6. The van der Waals surface area contributed by atoms with Crippen molar-refractivity contribution in [2.24, 2.45) is 0 Å². The minimum atomic E-state index is -5.01. The summed E-state index contributed by atoms with van der Waals surface area (Å²) in [6, 6.07) is 2.74. The topological polar surface area (TPSA) is 49.3 Å². The quantitative estimate of drug-likeness (QED) is 0.611. The summed E-state index contributed by atoms with van der Waals surface area (Å²) in [6.45, 7) is 6.70. The third-order valence-electron chi connectivity index (χ3n) is 5.10. The third-order valence-corrected chi connectivity index (χ3v) is 5.10. The molecule has 0 atom stereocenters. The fourth-order valence-corrected chi connectivity index (χ4v) is 3.39. The first kappa shape index (κ1) is 23.8. The molecule has 2 aromatic rings. The summed E-state index contributed by atoms with van der Waals surface area (Å²) in [5, 5.41) is 0. The second-order valence-electron chi connectivity index (χ2n) is 7.95. The third kappa shape index (κ3) is 5.31. The highest BCUT2D eigenvalue weighted by atomic mass is 19.4. The number of nitrogens with zero attached hydrogens (tertiary/aromatic N) is 4. The Kier molecular flexibility index (Phi) is 6.39. The Morgan fingerprint density at radius 2 is 1.41 bits per heavy atom. The molecule has 11 heteroatoms. The molecule has 3 rings (SSSR count). The number of hydrogen-bond acceptors (Lipinski definition) is 4. The minimum Gasteiger partial charge on any atom is -0.353 e. The van der Waals surface area contributed by atoms with Crippen molar-refractivity contribution in [1.29, 1.82) is 0 Å². The van der Waals surface area contributed by atoms with Crippen LogP contribution in [0.15, 0.2) is 24.3 Å². The molecule has 0 radical (unpaired) electrons. The maximum Gasteiger partial charge on any atom is 0.416 e. The van der Waals surface area contributed by atoms with Crippen LogP contribution < -0.4 is 4.90 Å². The number of rotatable bonds is 3. The Bertz CT molecular complexity index is 963. The monoisotopic (exact) mass is 460 g/mol. The average Bonchev–Trinajstić information content (AvgIpc) is 2.71. The molecule has 0 spiro atoms. The van der Waals surface area contributed by atoms with Crippen LogP contribution >= 0.6 is 0 Å². The first-order valence-electron chi connectivity index (χ1n) is 9.95. The van der Waals surface area contributed by atoms with E-state index in [1.165, 1.54) is 4.90 Å². The molecule has 0 N–H and O–H groups in total. The molecule has 1 amide bonds. The number of aromatic nitrogens is 2. The smallest absolute Gasteiger partial charge is 0.353 e. The summed E-state index contributed by atoms with van der Waals surface area (Å²) in [5.41, 5.74) is -2.87. The van der Waals surface area contributed by atoms with E-state index in [1.807, 2.05) is 25.7 Å². The fourth-order valence-electron chi connectivity index (χ4n) is 3.39. The Labute approximate surface area is 181 Å². The van der Waals surface area contributed by atoms with Gasteiger partial charge < -0.3 is 9.80 Å². The van der Waals surface area contributed by atoms with Crippen LogP contribution in [0.4, 0.5) is 32.2 Å². The number of anilines is 1. The van der Waals surface area contributed by atoms with Crippen LogP contribution in [-0.2, 0) is 12.4 Å². The highest BCUT2D eigenvalue weighted by Crippen LogP contribution is 2.36. The molecule has 174 valence electrons. The molecule has 0 unspecified atom stereocenters. The summed E-state index contributed by atoms with van der Waals surface area (Å²) in [5.74, 6) is 0.581. The van der Waals surface area contributed by atoms with Gasteiger partial charge in [0.2, 0.25) is 0 Å². The Morgan fingerprint density at radius 1 is 0.875 bits per heavy atom. The molecular weight excluding hydrogens is 438 g/mol. The fraction of sp³-hybridized carbons (Fsp3) is 0.476. The van der Waals surface area contributed by atoms with E-state index >= 15 is 0 Å². The highest BCUT2D eigenvalue weighted by Gasteiger charge is 2.38. The first-order chi connectivity index (χ1) is 14.8. The van der Waals surface area contributed by atoms with Gasteiger partial charge in [0.15, 0.2) is 0 Å². The standard InChI is InChI=1S/C21H22F6N4O/c1-12(2)18-28-13(3)8-17(29-18)30-4-6-31(7-5-30)19(32)14-9-15(20(22,23)24)11-16(10-14)21(25,26)27/h8-12H,4-7H2,1-3H3. The van der Waals surface area contributed by atoms with E-state index < -0.39 is 35.0 Å². The molecule has 0 aliphatic carbocycles. The molecule has 0 saturated carbocycles. The number of carbonyl (C=O) groups is 1. The van der Waals surface area contributed by atoms with Crippen molar-refractivity contribution >= 4 is 11.7 Å². The van der Waals surface area contributed by atoms with Crippen LogP contribution in [0.5, 0.6) is 0 Å². The van der Waals surface area contributed by atoms with E-state index in [0.29, 0.717) is 36.9 Å². The van der Waals surface area contributed by atoms with Crippen LogP contribution in [0.2, 0.25) is 0 Å². The molecular formula is C21H22F6N4O. The highest BCUT2D eigenvalue weighted by molar-refractivity contribution is 5.95. The van der Waals surface area contributed by atoms with E-state index in [4.69, 9.17) is 0 Å². The largest absolute Gasteiger partial charge is 0.416 e. The minimum absolute atomic E-state index is 0.0124. The Morgan fingerprint density at radius 3 is 1.88 bits per heavy atom. The van der Waals surface area contributed by atoms with Gasteiger partial charge in [-0.05, 0) is 25.1 Å². The SMILES string of the molecule is Cc1cc(N2CCN(C(=O)c3cc(C(F)(F)F)cc(C(F)(F)F)c3)CC2)nc(C(C)C)n1. The zero-order valence-corrected chi connectivity index (χ0v) is 17.7. The Hall–Kier alpha value is -2.85. The van der Waals surface area contributed by atoms with E-state index in [9.17, 15) is 31.1 Å². The molecule has 32 heavy (non-hydrogen) atoms. The lowest BCUT2D eigenvalue weighted by Gasteiger charge is -2.35. The normalized spacial score (nSPS) is 15.4. The van der Waals surface area contributed by atoms with Gasteiger partial charge in [-0.2, -0.15) is 26.3 Å². The second-order valence-corrected chi connectivity index (χ2v) is 7.95. The molecule has 1 saturated heterocycles. The van der Waals surface area contributed by atoms with Crippen molar-refractivity contribution < 1.29 is 31.1 Å². The van der Waals surface area contributed by atoms with Crippen molar-refractivity contribution in [3.8, 4) is 0 Å². The van der Waals surface area contributed by atoms with Crippen molar-refractivity contribution in [3.63, 3.8) is 0 Å². The number of piperazine rings is 1. The molecule has 2 heterocycles. The van der Waals surface area contributed by atoms with Crippen LogP contribution in [0.1, 0.15) is 52.8 Å². The first-order valence-corrected chi connectivity index (χ1v) is 9.95. The van der Waals surface area contributed by atoms with Gasteiger partial charge >= 0.3 is 12.4 Å². The van der Waals surface area contributed by atoms with Gasteiger partial charge in [-0.3, -0.25) is 4.79 Å². The van der Waals surface area contributed by atoms with Crippen LogP contribution in [0, 0.1) is 6.92 Å². The number of amides is 1. The van der Waals surface area contributed by atoms with E-state index in [0.717, 1.165) is 5.69 Å². The van der Waals surface area contributed by atoms with Crippen molar-refractivity contribution in [3.05, 3.63) is 52.5 Å². The lowest BCUT2D eigenvalue weighted by atomic mass is 10.0. The van der Waals surface area contributed by atoms with E-state index in [1.54, 1.807) is 6.07 Å². The van der Waals surface area contributed by atoms with Crippen LogP contribution in [0.3, 0.4) is 0 Å². The molecule has 1 aromatic heterocycles. The summed E-state index contributed by atoms with van der Waals surface area (Å²) in [7, 11) is 0. The van der Waals surface area contributed by atoms with Gasteiger partial charge in [0.1, 0.15) is 11.6 Å². The zero-order chi connectivity index (χ0) is 23.8. The summed E-state index contributed by atoms with van der Waals surface area (Å²) in [6.07, 6.45) is -10.0. The van der Waals surface area contributed by atoms with Crippen LogP contribution in [-0.4, -0.2) is 47.0 Å². The maximum absolute atomic E-state index is 13.1. The lowest BCUT2D eigenvalue weighted by molar-refractivity contribution is -0.143. The van der Waals surface area contributed by atoms with Crippen LogP contribution in [0.25, 0.3) is 0 Å². The van der Waals surface area contributed by atoms with Gasteiger partial charge in [0.05, 0.1) is 11.1 Å². The van der Waals surface area contributed by atoms with Crippen molar-refractivity contribution in [1.82, 2.24) is 14.9 Å². The molecule has 1 fully saturated rings. The number of aryl methyl sites for hydroxylation is 1. The predicted octanol–water partition coefficient (Wildman–Crippen LogP) is 4.91. The number of alkyl halides is 6. The number of hydrogen-bond donors (Lipinski definition) is 0. The van der Waals surface area contributed by atoms with E-state index in [-0.39, 0.29) is 25.1 Å². The number of benzene rings is 1. The van der Waals surface area contributed by atoms with Gasteiger partial charge in [-0.15, -0.1) is 0 Å². The van der Waals surface area contributed by atoms with Gasteiger partial charge in [-0.1, -0.05) is 13.8 Å². The molecule has 0 bridgehead atoms. The van der Waals surface area contributed by atoms with E-state index in [2.05, 4.69) is 9.97 Å². The molecule has 1 aliphatic heterocycles. The molecule has 1 aromatic carbocycles. The number of carbonyl (C=O) groups excluding carboxylic acids is 1. The molecule has 5 nitrogen and oxygen atoms in total. The average molecular weight is 460 g/mol. The van der Waals surface area contributed by atoms with Gasteiger partial charge in [-0.25, -0.2) is 9.97 Å². The predicted molar refractivity (Wildman–Crippen MR) is 105 cm³/mol. The van der Waals surface area contributed by atoms with Crippen molar-refractivity contribution in [2.75, 3.05) is 31.1 Å². The summed E-state index contributed by atoms with van der Waals surface area (Å²) in [4.78, 5) is 24.8.